The smallest absolute Gasteiger partial charge is 0.332 e. The fourth-order valence-electron chi connectivity index (χ4n) is 2.86. The molecule has 2 aromatic heterocycles. The van der Waals surface area contributed by atoms with Crippen LogP contribution >= 0.6 is 0 Å². The van der Waals surface area contributed by atoms with Gasteiger partial charge in [-0.15, -0.1) is 10.2 Å². The van der Waals surface area contributed by atoms with Gasteiger partial charge >= 0.3 is 5.69 Å². The predicted octanol–water partition coefficient (Wildman–Crippen LogP) is 1.45. The third-order valence-electron chi connectivity index (χ3n) is 4.30. The van der Waals surface area contributed by atoms with Crippen molar-refractivity contribution in [2.75, 3.05) is 0 Å². The highest BCUT2D eigenvalue weighted by molar-refractivity contribution is 5.71. The SMILES string of the molecule is Cn1c(=O)c2nc(-c3ccc(O)cc3)nnc2n(Cc2cccc(F)c2)c1=O. The minimum Gasteiger partial charge on any atom is -0.508 e. The first-order chi connectivity index (χ1) is 13.4. The minimum atomic E-state index is -0.606. The lowest BCUT2D eigenvalue weighted by Crippen LogP contribution is -2.39. The Balaban J connectivity index is 1.92. The molecule has 0 aliphatic carbocycles. The van der Waals surface area contributed by atoms with Crippen LogP contribution in [0.4, 0.5) is 4.39 Å². The Morgan fingerprint density at radius 3 is 2.54 bits per heavy atom. The second kappa shape index (κ2) is 6.69. The topological polar surface area (TPSA) is 103 Å². The molecule has 0 saturated carbocycles. The molecule has 8 nitrogen and oxygen atoms in total. The normalized spacial score (nSPS) is 11.1. The molecule has 2 aromatic carbocycles. The molecular weight excluding hydrogens is 365 g/mol. The number of fused-ring (bicyclic) bond motifs is 1. The summed E-state index contributed by atoms with van der Waals surface area (Å²) in [6.07, 6.45) is 0. The van der Waals surface area contributed by atoms with Crippen LogP contribution in [0.1, 0.15) is 5.56 Å². The molecule has 0 aliphatic rings. The molecule has 0 radical (unpaired) electrons. The number of aromatic hydroxyl groups is 1. The van der Waals surface area contributed by atoms with Crippen molar-refractivity contribution in [1.82, 2.24) is 24.3 Å². The number of rotatable bonds is 3. The summed E-state index contributed by atoms with van der Waals surface area (Å²) in [4.78, 5) is 29.4. The van der Waals surface area contributed by atoms with E-state index in [-0.39, 0.29) is 29.3 Å². The van der Waals surface area contributed by atoms with Gasteiger partial charge in [0.2, 0.25) is 0 Å². The maximum atomic E-state index is 13.5. The third-order valence-corrected chi connectivity index (χ3v) is 4.30. The lowest BCUT2D eigenvalue weighted by atomic mass is 10.2. The van der Waals surface area contributed by atoms with Gasteiger partial charge in [-0.25, -0.2) is 14.2 Å². The van der Waals surface area contributed by atoms with Gasteiger partial charge in [0.05, 0.1) is 6.54 Å². The molecule has 0 aliphatic heterocycles. The van der Waals surface area contributed by atoms with Gasteiger partial charge in [0.15, 0.2) is 17.0 Å². The Morgan fingerprint density at radius 1 is 1.07 bits per heavy atom. The van der Waals surface area contributed by atoms with Crippen molar-refractivity contribution in [2.24, 2.45) is 7.05 Å². The second-order valence-corrected chi connectivity index (χ2v) is 6.22. The largest absolute Gasteiger partial charge is 0.508 e. The van der Waals surface area contributed by atoms with Crippen molar-refractivity contribution >= 4 is 11.2 Å². The zero-order chi connectivity index (χ0) is 19.8. The van der Waals surface area contributed by atoms with Gasteiger partial charge in [-0.05, 0) is 42.0 Å². The lowest BCUT2D eigenvalue weighted by molar-refractivity contribution is 0.475. The van der Waals surface area contributed by atoms with Crippen LogP contribution < -0.4 is 11.2 Å². The summed E-state index contributed by atoms with van der Waals surface area (Å²) in [5, 5.41) is 17.5. The summed E-state index contributed by atoms with van der Waals surface area (Å²) < 4.78 is 15.7. The summed E-state index contributed by atoms with van der Waals surface area (Å²) in [5.41, 5.74) is -0.138. The van der Waals surface area contributed by atoms with Crippen molar-refractivity contribution in [3.05, 3.63) is 80.7 Å². The first-order valence-corrected chi connectivity index (χ1v) is 8.32. The average molecular weight is 379 g/mol. The van der Waals surface area contributed by atoms with E-state index in [1.54, 1.807) is 18.2 Å². The minimum absolute atomic E-state index is 0.0100. The fourth-order valence-corrected chi connectivity index (χ4v) is 2.86. The second-order valence-electron chi connectivity index (χ2n) is 6.22. The van der Waals surface area contributed by atoms with Crippen LogP contribution in [0.15, 0.2) is 58.1 Å². The van der Waals surface area contributed by atoms with Crippen LogP contribution in [0.3, 0.4) is 0 Å². The summed E-state index contributed by atoms with van der Waals surface area (Å²) >= 11 is 0. The van der Waals surface area contributed by atoms with Gasteiger partial charge in [0, 0.05) is 12.6 Å². The van der Waals surface area contributed by atoms with E-state index in [1.807, 2.05) is 0 Å². The Kier molecular flexibility index (Phi) is 4.19. The van der Waals surface area contributed by atoms with E-state index < -0.39 is 17.1 Å². The zero-order valence-electron chi connectivity index (χ0n) is 14.7. The first kappa shape index (κ1) is 17.5. The molecule has 4 aromatic rings. The molecule has 0 fully saturated rings. The molecule has 0 atom stereocenters. The number of phenolic OH excluding ortho intramolecular Hbond substituents is 1. The molecule has 1 N–H and O–H groups in total. The van der Waals surface area contributed by atoms with Gasteiger partial charge in [0.1, 0.15) is 11.6 Å². The molecule has 0 saturated heterocycles. The van der Waals surface area contributed by atoms with Gasteiger partial charge < -0.3 is 5.11 Å². The standard InChI is InChI=1S/C19H14FN5O3/c1-24-18(27)15-17(23-22-16(21-15)12-5-7-14(26)8-6-12)25(19(24)28)10-11-3-2-4-13(20)9-11/h2-9,26H,10H2,1H3. The number of hydrogen-bond acceptors (Lipinski definition) is 6. The molecule has 0 unspecified atom stereocenters. The van der Waals surface area contributed by atoms with Gasteiger partial charge in [-0.1, -0.05) is 12.1 Å². The number of nitrogens with zero attached hydrogens (tertiary/aromatic N) is 5. The maximum Gasteiger partial charge on any atom is 0.332 e. The Morgan fingerprint density at radius 2 is 1.82 bits per heavy atom. The third kappa shape index (κ3) is 3.02. The molecule has 0 amide bonds. The number of phenols is 1. The van der Waals surface area contributed by atoms with Crippen molar-refractivity contribution in [2.45, 2.75) is 6.54 Å². The predicted molar refractivity (Wildman–Crippen MR) is 99.4 cm³/mol. The quantitative estimate of drug-likeness (QED) is 0.578. The zero-order valence-corrected chi connectivity index (χ0v) is 14.7. The highest BCUT2D eigenvalue weighted by atomic mass is 19.1. The fraction of sp³-hybridized carbons (Fsp3) is 0.105. The Labute approximate surface area is 157 Å². The Bertz CT molecular complexity index is 1310. The van der Waals surface area contributed by atoms with Crippen molar-refractivity contribution < 1.29 is 9.50 Å². The van der Waals surface area contributed by atoms with E-state index in [0.29, 0.717) is 11.1 Å². The van der Waals surface area contributed by atoms with E-state index >= 15 is 0 Å². The van der Waals surface area contributed by atoms with Crippen LogP contribution in [0.25, 0.3) is 22.6 Å². The monoisotopic (exact) mass is 379 g/mol. The van der Waals surface area contributed by atoms with Crippen molar-refractivity contribution in [3.8, 4) is 17.1 Å². The van der Waals surface area contributed by atoms with E-state index in [2.05, 4.69) is 15.2 Å². The van der Waals surface area contributed by atoms with E-state index in [9.17, 15) is 19.1 Å². The number of benzene rings is 2. The number of halogens is 1. The van der Waals surface area contributed by atoms with Crippen LogP contribution in [-0.2, 0) is 13.6 Å². The summed E-state index contributed by atoms with van der Waals surface area (Å²) in [5.74, 6) is -0.170. The maximum absolute atomic E-state index is 13.5. The molecule has 2 heterocycles. The van der Waals surface area contributed by atoms with E-state index in [0.717, 1.165) is 4.57 Å². The van der Waals surface area contributed by atoms with Crippen LogP contribution in [0.2, 0.25) is 0 Å². The van der Waals surface area contributed by atoms with Gasteiger partial charge in [0.25, 0.3) is 5.56 Å². The molecule has 0 bridgehead atoms. The van der Waals surface area contributed by atoms with Crippen LogP contribution in [0, 0.1) is 5.82 Å². The Hall–Kier alpha value is -3.88. The van der Waals surface area contributed by atoms with Crippen LogP contribution in [0.5, 0.6) is 5.75 Å². The highest BCUT2D eigenvalue weighted by Gasteiger charge is 2.16. The highest BCUT2D eigenvalue weighted by Crippen LogP contribution is 2.18. The molecular formula is C19H14FN5O3. The van der Waals surface area contributed by atoms with E-state index in [1.165, 1.54) is 41.9 Å². The summed E-state index contributed by atoms with van der Waals surface area (Å²) in [6.45, 7) is 0.0100. The van der Waals surface area contributed by atoms with Gasteiger partial charge in [-0.3, -0.25) is 13.9 Å². The van der Waals surface area contributed by atoms with Crippen molar-refractivity contribution in [1.29, 1.82) is 0 Å². The molecule has 0 spiro atoms. The molecule has 9 heteroatoms. The average Bonchev–Trinajstić information content (AvgIpc) is 2.70. The first-order valence-electron chi connectivity index (χ1n) is 8.32. The van der Waals surface area contributed by atoms with Crippen molar-refractivity contribution in [3.63, 3.8) is 0 Å². The summed E-state index contributed by atoms with van der Waals surface area (Å²) in [6, 6.07) is 11.9. The molecule has 140 valence electrons. The lowest BCUT2D eigenvalue weighted by Gasteiger charge is -2.11. The number of hydrogen-bond donors (Lipinski definition) is 1. The molecule has 28 heavy (non-hydrogen) atoms. The van der Waals surface area contributed by atoms with Gasteiger partial charge in [-0.2, -0.15) is 0 Å². The van der Waals surface area contributed by atoms with E-state index in [4.69, 9.17) is 0 Å². The summed E-state index contributed by atoms with van der Waals surface area (Å²) in [7, 11) is 1.34. The number of aromatic nitrogens is 5. The molecule has 4 rings (SSSR count). The van der Waals surface area contributed by atoms with Crippen LogP contribution in [-0.4, -0.2) is 29.4 Å².